The largest absolute Gasteiger partial charge is 0.378 e. The first-order valence-corrected chi connectivity index (χ1v) is 5.93. The number of alkyl halides is 2. The molecule has 0 amide bonds. The SMILES string of the molecule is C[C@H]1CCCO[C@@H]1CC(Br)Br. The van der Waals surface area contributed by atoms with Crippen LogP contribution in [0.15, 0.2) is 0 Å². The van der Waals surface area contributed by atoms with Crippen LogP contribution < -0.4 is 0 Å². The highest BCUT2D eigenvalue weighted by molar-refractivity contribution is 9.24. The lowest BCUT2D eigenvalue weighted by atomic mass is 9.95. The van der Waals surface area contributed by atoms with Gasteiger partial charge in [0.25, 0.3) is 0 Å². The Morgan fingerprint density at radius 1 is 1.55 bits per heavy atom. The smallest absolute Gasteiger partial charge is 0.0722 e. The molecule has 0 aromatic rings. The summed E-state index contributed by atoms with van der Waals surface area (Å²) < 4.78 is 6.04. The fraction of sp³-hybridized carbons (Fsp3) is 1.00. The normalized spacial score (nSPS) is 32.7. The predicted molar refractivity (Wildman–Crippen MR) is 54.4 cm³/mol. The molecule has 0 spiro atoms. The maximum atomic E-state index is 5.64. The van der Waals surface area contributed by atoms with E-state index in [1.807, 2.05) is 0 Å². The third kappa shape index (κ3) is 3.43. The van der Waals surface area contributed by atoms with Gasteiger partial charge in [0.1, 0.15) is 0 Å². The summed E-state index contributed by atoms with van der Waals surface area (Å²) in [5.41, 5.74) is 0. The molecule has 0 aromatic carbocycles. The molecule has 0 radical (unpaired) electrons. The Morgan fingerprint density at radius 3 is 2.82 bits per heavy atom. The third-order valence-corrected chi connectivity index (χ3v) is 2.93. The van der Waals surface area contributed by atoms with Crippen molar-refractivity contribution in [1.82, 2.24) is 0 Å². The second-order valence-corrected chi connectivity index (χ2v) is 6.59. The van der Waals surface area contributed by atoms with E-state index >= 15 is 0 Å². The summed E-state index contributed by atoms with van der Waals surface area (Å²) in [4.78, 5) is 0. The molecule has 66 valence electrons. The summed E-state index contributed by atoms with van der Waals surface area (Å²) in [6, 6.07) is 0. The van der Waals surface area contributed by atoms with Crippen molar-refractivity contribution in [3.05, 3.63) is 0 Å². The van der Waals surface area contributed by atoms with Gasteiger partial charge in [0.15, 0.2) is 0 Å². The van der Waals surface area contributed by atoms with Crippen LogP contribution in [-0.2, 0) is 4.74 Å². The minimum Gasteiger partial charge on any atom is -0.378 e. The number of rotatable bonds is 2. The molecule has 0 saturated carbocycles. The summed E-state index contributed by atoms with van der Waals surface area (Å²) in [6.45, 7) is 3.22. The lowest BCUT2D eigenvalue weighted by Crippen LogP contribution is -2.28. The van der Waals surface area contributed by atoms with Gasteiger partial charge in [-0.1, -0.05) is 38.8 Å². The molecule has 1 aliphatic heterocycles. The molecule has 1 fully saturated rings. The lowest BCUT2D eigenvalue weighted by molar-refractivity contribution is -0.0217. The van der Waals surface area contributed by atoms with Crippen molar-refractivity contribution in [3.8, 4) is 0 Å². The van der Waals surface area contributed by atoms with E-state index < -0.39 is 0 Å². The van der Waals surface area contributed by atoms with Crippen molar-refractivity contribution in [2.75, 3.05) is 6.61 Å². The Kier molecular flexibility index (Phi) is 4.39. The third-order valence-electron chi connectivity index (χ3n) is 2.18. The monoisotopic (exact) mass is 284 g/mol. The van der Waals surface area contributed by atoms with Crippen LogP contribution in [0.4, 0.5) is 0 Å². The first-order valence-electron chi connectivity index (χ1n) is 4.10. The van der Waals surface area contributed by atoms with Crippen molar-refractivity contribution >= 4 is 31.9 Å². The van der Waals surface area contributed by atoms with E-state index in [9.17, 15) is 0 Å². The molecule has 1 rings (SSSR count). The van der Waals surface area contributed by atoms with Gasteiger partial charge in [-0.2, -0.15) is 0 Å². The summed E-state index contributed by atoms with van der Waals surface area (Å²) in [6.07, 6.45) is 4.07. The number of hydrogen-bond donors (Lipinski definition) is 0. The van der Waals surface area contributed by atoms with Crippen LogP contribution in [0, 0.1) is 5.92 Å². The molecular formula is C8H14Br2O. The maximum Gasteiger partial charge on any atom is 0.0722 e. The molecule has 11 heavy (non-hydrogen) atoms. The second-order valence-electron chi connectivity index (χ2n) is 3.16. The molecule has 1 heterocycles. The molecule has 0 N–H and O–H groups in total. The van der Waals surface area contributed by atoms with E-state index in [0.29, 0.717) is 9.84 Å². The van der Waals surface area contributed by atoms with Crippen molar-refractivity contribution in [2.45, 2.75) is 36.0 Å². The van der Waals surface area contributed by atoms with E-state index in [0.717, 1.165) is 18.9 Å². The molecular weight excluding hydrogens is 272 g/mol. The summed E-state index contributed by atoms with van der Waals surface area (Å²) in [5.74, 6) is 0.723. The summed E-state index contributed by atoms with van der Waals surface area (Å²) in [5, 5.41) is 0. The molecule has 1 nitrogen and oxygen atoms in total. The average Bonchev–Trinajstić information content (AvgIpc) is 1.93. The second kappa shape index (κ2) is 4.83. The van der Waals surface area contributed by atoms with Crippen LogP contribution >= 0.6 is 31.9 Å². The highest BCUT2D eigenvalue weighted by atomic mass is 79.9. The highest BCUT2D eigenvalue weighted by Crippen LogP contribution is 2.27. The zero-order chi connectivity index (χ0) is 8.27. The van der Waals surface area contributed by atoms with Crippen LogP contribution in [0.3, 0.4) is 0 Å². The Bertz CT molecular complexity index is 117. The van der Waals surface area contributed by atoms with Gasteiger partial charge >= 0.3 is 0 Å². The van der Waals surface area contributed by atoms with Gasteiger partial charge in [-0.05, 0) is 25.2 Å². The van der Waals surface area contributed by atoms with Gasteiger partial charge in [-0.3, -0.25) is 0 Å². The Labute approximate surface area is 85.1 Å². The van der Waals surface area contributed by atoms with E-state index in [4.69, 9.17) is 4.74 Å². The van der Waals surface area contributed by atoms with Crippen molar-refractivity contribution < 1.29 is 4.74 Å². The molecule has 3 heteroatoms. The van der Waals surface area contributed by atoms with Gasteiger partial charge < -0.3 is 4.74 Å². The van der Waals surface area contributed by atoms with Gasteiger partial charge in [0.05, 0.1) is 9.84 Å². The fourth-order valence-electron chi connectivity index (χ4n) is 1.47. The fourth-order valence-corrected chi connectivity index (χ4v) is 2.20. The van der Waals surface area contributed by atoms with Crippen molar-refractivity contribution in [1.29, 1.82) is 0 Å². The first-order chi connectivity index (χ1) is 5.20. The average molecular weight is 286 g/mol. The summed E-state index contributed by atoms with van der Waals surface area (Å²) >= 11 is 6.95. The van der Waals surface area contributed by atoms with Crippen LogP contribution in [0.2, 0.25) is 0 Å². The maximum absolute atomic E-state index is 5.64. The minimum atomic E-state index is 0.403. The van der Waals surface area contributed by atoms with Crippen LogP contribution in [-0.4, -0.2) is 16.4 Å². The molecule has 2 atom stereocenters. The molecule has 1 saturated heterocycles. The molecule has 1 aliphatic rings. The lowest BCUT2D eigenvalue weighted by Gasteiger charge is -2.29. The highest BCUT2D eigenvalue weighted by Gasteiger charge is 2.23. The van der Waals surface area contributed by atoms with Crippen LogP contribution in [0.1, 0.15) is 26.2 Å². The quantitative estimate of drug-likeness (QED) is 0.708. The topological polar surface area (TPSA) is 9.23 Å². The number of halogens is 2. The zero-order valence-corrected chi connectivity index (χ0v) is 9.90. The van der Waals surface area contributed by atoms with Crippen molar-refractivity contribution in [2.24, 2.45) is 5.92 Å². The van der Waals surface area contributed by atoms with Gasteiger partial charge in [-0.15, -0.1) is 0 Å². The van der Waals surface area contributed by atoms with E-state index in [-0.39, 0.29) is 0 Å². The number of hydrogen-bond acceptors (Lipinski definition) is 1. The predicted octanol–water partition coefficient (Wildman–Crippen LogP) is 3.31. The van der Waals surface area contributed by atoms with Crippen LogP contribution in [0.5, 0.6) is 0 Å². The molecule has 0 bridgehead atoms. The van der Waals surface area contributed by atoms with Gasteiger partial charge in [-0.25, -0.2) is 0 Å². The summed E-state index contributed by atoms with van der Waals surface area (Å²) in [7, 11) is 0. The Morgan fingerprint density at radius 2 is 2.27 bits per heavy atom. The van der Waals surface area contributed by atoms with E-state index in [1.165, 1.54) is 12.8 Å². The standard InChI is InChI=1S/C8H14Br2O/c1-6-3-2-4-11-7(6)5-8(9)10/h6-8H,2-5H2,1H3/t6-,7+/m0/s1. The van der Waals surface area contributed by atoms with Gasteiger partial charge in [0.2, 0.25) is 0 Å². The van der Waals surface area contributed by atoms with Crippen molar-refractivity contribution in [3.63, 3.8) is 0 Å². The first kappa shape index (κ1) is 10.0. The van der Waals surface area contributed by atoms with E-state index in [2.05, 4.69) is 38.8 Å². The molecule has 0 aromatic heterocycles. The van der Waals surface area contributed by atoms with Gasteiger partial charge in [0, 0.05) is 6.61 Å². The van der Waals surface area contributed by atoms with Crippen LogP contribution in [0.25, 0.3) is 0 Å². The molecule has 0 aliphatic carbocycles. The number of ether oxygens (including phenoxy) is 1. The minimum absolute atomic E-state index is 0.403. The Hall–Kier alpha value is 0.920. The van der Waals surface area contributed by atoms with E-state index in [1.54, 1.807) is 0 Å². The molecule has 0 unspecified atom stereocenters. The zero-order valence-electron chi connectivity index (χ0n) is 6.72. The Balaban J connectivity index is 2.29.